The minimum atomic E-state index is -0.873. The Kier molecular flexibility index (Phi) is 4.42. The minimum Gasteiger partial charge on any atom is -0.415 e. The van der Waals surface area contributed by atoms with Crippen LogP contribution in [-0.4, -0.2) is 23.3 Å². The van der Waals surface area contributed by atoms with Crippen LogP contribution < -0.4 is 9.64 Å². The summed E-state index contributed by atoms with van der Waals surface area (Å²) >= 11 is 0. The summed E-state index contributed by atoms with van der Waals surface area (Å²) in [5.74, 6) is -2.14. The number of nitro groups is 1. The van der Waals surface area contributed by atoms with E-state index in [1.54, 1.807) is 17.0 Å². The molecule has 8 heteroatoms. The molecule has 0 bridgehead atoms. The SMILES string of the molecule is O=C(Oc1cc(F)ccc1[N+](=O)[O-])c1cccc(N2CCCC2=O)c1. The molecule has 1 saturated heterocycles. The van der Waals surface area contributed by atoms with E-state index in [0.717, 1.165) is 24.6 Å². The maximum atomic E-state index is 13.3. The summed E-state index contributed by atoms with van der Waals surface area (Å²) in [6, 6.07) is 8.81. The zero-order valence-electron chi connectivity index (χ0n) is 13.0. The second-order valence-electron chi connectivity index (χ2n) is 5.46. The van der Waals surface area contributed by atoms with Crippen molar-refractivity contribution in [2.75, 3.05) is 11.4 Å². The van der Waals surface area contributed by atoms with E-state index >= 15 is 0 Å². The molecule has 1 amide bonds. The summed E-state index contributed by atoms with van der Waals surface area (Å²) in [7, 11) is 0. The van der Waals surface area contributed by atoms with Gasteiger partial charge in [0.25, 0.3) is 0 Å². The smallest absolute Gasteiger partial charge is 0.343 e. The molecule has 0 radical (unpaired) electrons. The molecule has 0 aliphatic carbocycles. The van der Waals surface area contributed by atoms with Crippen LogP contribution in [0, 0.1) is 15.9 Å². The Morgan fingerprint density at radius 2 is 2.04 bits per heavy atom. The van der Waals surface area contributed by atoms with Crippen LogP contribution in [0.2, 0.25) is 0 Å². The minimum absolute atomic E-state index is 0.0358. The van der Waals surface area contributed by atoms with Gasteiger partial charge in [-0.15, -0.1) is 0 Å². The highest BCUT2D eigenvalue weighted by Crippen LogP contribution is 2.29. The van der Waals surface area contributed by atoms with Crippen molar-refractivity contribution >= 4 is 23.3 Å². The van der Waals surface area contributed by atoms with Gasteiger partial charge in [0.15, 0.2) is 0 Å². The Labute approximate surface area is 141 Å². The molecule has 0 unspecified atom stereocenters. The Hall–Kier alpha value is -3.29. The molecule has 25 heavy (non-hydrogen) atoms. The van der Waals surface area contributed by atoms with Crippen molar-refractivity contribution in [3.63, 3.8) is 0 Å². The van der Waals surface area contributed by atoms with Crippen LogP contribution in [0.25, 0.3) is 0 Å². The van der Waals surface area contributed by atoms with Gasteiger partial charge in [-0.2, -0.15) is 0 Å². The van der Waals surface area contributed by atoms with Gasteiger partial charge < -0.3 is 9.64 Å². The van der Waals surface area contributed by atoms with E-state index in [1.165, 1.54) is 12.1 Å². The number of halogens is 1. The third-order valence-electron chi connectivity index (χ3n) is 3.79. The van der Waals surface area contributed by atoms with Crippen LogP contribution >= 0.6 is 0 Å². The van der Waals surface area contributed by atoms with Crippen molar-refractivity contribution in [2.45, 2.75) is 12.8 Å². The van der Waals surface area contributed by atoms with Crippen LogP contribution in [0.4, 0.5) is 15.8 Å². The Morgan fingerprint density at radius 1 is 1.24 bits per heavy atom. The Bertz CT molecular complexity index is 868. The van der Waals surface area contributed by atoms with Gasteiger partial charge in [-0.1, -0.05) is 6.07 Å². The molecule has 1 fully saturated rings. The fourth-order valence-corrected chi connectivity index (χ4v) is 2.60. The topological polar surface area (TPSA) is 89.8 Å². The van der Waals surface area contributed by atoms with Crippen molar-refractivity contribution in [1.29, 1.82) is 0 Å². The fraction of sp³-hybridized carbons (Fsp3) is 0.176. The lowest BCUT2D eigenvalue weighted by atomic mass is 10.2. The quantitative estimate of drug-likeness (QED) is 0.368. The first-order valence-electron chi connectivity index (χ1n) is 7.52. The number of nitro benzene ring substituents is 1. The Balaban J connectivity index is 1.86. The van der Waals surface area contributed by atoms with E-state index < -0.39 is 28.1 Å². The standard InChI is InChI=1S/C17H13FN2O5/c18-12-6-7-14(20(23)24)15(10-12)25-17(22)11-3-1-4-13(9-11)19-8-2-5-16(19)21/h1,3-4,6-7,9-10H,2,5,8H2. The van der Waals surface area contributed by atoms with E-state index in [4.69, 9.17) is 4.74 Å². The lowest BCUT2D eigenvalue weighted by Crippen LogP contribution is -2.24. The lowest BCUT2D eigenvalue weighted by Gasteiger charge is -2.16. The average Bonchev–Trinajstić information content (AvgIpc) is 3.01. The average molecular weight is 344 g/mol. The molecule has 0 atom stereocenters. The zero-order valence-corrected chi connectivity index (χ0v) is 13.0. The van der Waals surface area contributed by atoms with Crippen LogP contribution in [0.5, 0.6) is 5.75 Å². The first kappa shape index (κ1) is 16.6. The maximum Gasteiger partial charge on any atom is 0.343 e. The normalized spacial score (nSPS) is 13.8. The first-order valence-corrected chi connectivity index (χ1v) is 7.52. The van der Waals surface area contributed by atoms with Gasteiger partial charge in [0.2, 0.25) is 11.7 Å². The molecule has 7 nitrogen and oxygen atoms in total. The Morgan fingerprint density at radius 3 is 2.72 bits per heavy atom. The number of esters is 1. The summed E-state index contributed by atoms with van der Waals surface area (Å²) in [5, 5.41) is 11.0. The van der Waals surface area contributed by atoms with Crippen LogP contribution in [0.15, 0.2) is 42.5 Å². The van der Waals surface area contributed by atoms with Crippen molar-refractivity contribution in [3.8, 4) is 5.75 Å². The molecule has 0 spiro atoms. The molecule has 0 N–H and O–H groups in total. The van der Waals surface area contributed by atoms with Crippen LogP contribution in [0.3, 0.4) is 0 Å². The number of benzene rings is 2. The van der Waals surface area contributed by atoms with Gasteiger partial charge in [-0.3, -0.25) is 14.9 Å². The predicted octanol–water partition coefficient (Wildman–Crippen LogP) is 3.08. The summed E-state index contributed by atoms with van der Waals surface area (Å²) in [6.45, 7) is 0.562. The number of carbonyl (C=O) groups is 2. The number of rotatable bonds is 4. The number of amides is 1. The third-order valence-corrected chi connectivity index (χ3v) is 3.79. The molecule has 0 aromatic heterocycles. The van der Waals surface area contributed by atoms with Gasteiger partial charge in [0.1, 0.15) is 5.82 Å². The highest BCUT2D eigenvalue weighted by Gasteiger charge is 2.24. The summed E-state index contributed by atoms with van der Waals surface area (Å²) in [4.78, 5) is 35.8. The number of hydrogen-bond acceptors (Lipinski definition) is 5. The van der Waals surface area contributed by atoms with E-state index in [-0.39, 0.29) is 11.5 Å². The number of hydrogen-bond donors (Lipinski definition) is 0. The zero-order chi connectivity index (χ0) is 18.0. The number of ether oxygens (including phenoxy) is 1. The maximum absolute atomic E-state index is 13.3. The molecule has 1 heterocycles. The van der Waals surface area contributed by atoms with E-state index in [9.17, 15) is 24.1 Å². The highest BCUT2D eigenvalue weighted by atomic mass is 19.1. The van der Waals surface area contributed by atoms with Crippen molar-refractivity contribution < 1.29 is 23.6 Å². The highest BCUT2D eigenvalue weighted by molar-refractivity contribution is 5.98. The predicted molar refractivity (Wildman–Crippen MR) is 86.0 cm³/mol. The number of carbonyl (C=O) groups excluding carboxylic acids is 2. The largest absolute Gasteiger partial charge is 0.415 e. The molecule has 2 aromatic rings. The van der Waals surface area contributed by atoms with Gasteiger partial charge in [-0.05, 0) is 30.7 Å². The molecule has 1 aliphatic rings. The fourth-order valence-electron chi connectivity index (χ4n) is 2.60. The summed E-state index contributed by atoms with van der Waals surface area (Å²) < 4.78 is 18.3. The molecule has 0 saturated carbocycles. The van der Waals surface area contributed by atoms with Crippen LogP contribution in [0.1, 0.15) is 23.2 Å². The first-order chi connectivity index (χ1) is 12.0. The summed E-state index contributed by atoms with van der Waals surface area (Å²) in [5.41, 5.74) is 0.141. The molecule has 2 aromatic carbocycles. The number of nitrogens with zero attached hydrogens (tertiary/aromatic N) is 2. The van der Waals surface area contributed by atoms with Gasteiger partial charge >= 0.3 is 11.7 Å². The molecule has 128 valence electrons. The van der Waals surface area contributed by atoms with Gasteiger partial charge in [-0.25, -0.2) is 9.18 Å². The number of anilines is 1. The molecule has 1 aliphatic heterocycles. The third kappa shape index (κ3) is 3.47. The van der Waals surface area contributed by atoms with Crippen molar-refractivity contribution in [1.82, 2.24) is 0 Å². The van der Waals surface area contributed by atoms with Crippen molar-refractivity contribution in [3.05, 3.63) is 64.0 Å². The van der Waals surface area contributed by atoms with E-state index in [1.807, 2.05) is 0 Å². The van der Waals surface area contributed by atoms with Crippen molar-refractivity contribution in [2.24, 2.45) is 0 Å². The molecule has 3 rings (SSSR count). The second kappa shape index (κ2) is 6.68. The van der Waals surface area contributed by atoms with Gasteiger partial charge in [0.05, 0.1) is 10.5 Å². The van der Waals surface area contributed by atoms with Crippen LogP contribution in [-0.2, 0) is 4.79 Å². The second-order valence-corrected chi connectivity index (χ2v) is 5.46. The van der Waals surface area contributed by atoms with E-state index in [2.05, 4.69) is 0 Å². The monoisotopic (exact) mass is 344 g/mol. The van der Waals surface area contributed by atoms with E-state index in [0.29, 0.717) is 18.7 Å². The molecular formula is C17H13FN2O5. The molecular weight excluding hydrogens is 331 g/mol. The summed E-state index contributed by atoms with van der Waals surface area (Å²) in [6.07, 6.45) is 1.19. The van der Waals surface area contributed by atoms with Gasteiger partial charge in [0, 0.05) is 30.8 Å². The lowest BCUT2D eigenvalue weighted by molar-refractivity contribution is -0.385.